The van der Waals surface area contributed by atoms with Crippen molar-refractivity contribution in [2.45, 2.75) is 38.1 Å². The summed E-state index contributed by atoms with van der Waals surface area (Å²) < 4.78 is 1.03. The third-order valence-electron chi connectivity index (χ3n) is 4.54. The average Bonchev–Trinajstić information content (AvgIpc) is 3.02. The highest BCUT2D eigenvalue weighted by atomic mass is 79.9. The van der Waals surface area contributed by atoms with E-state index in [2.05, 4.69) is 20.8 Å². The molecule has 2 atom stereocenters. The Labute approximate surface area is 123 Å². The second-order valence-corrected chi connectivity index (χ2v) is 6.78. The maximum absolute atomic E-state index is 12.1. The maximum Gasteiger partial charge on any atom is 0.162 e. The standard InChI is InChI=1S/C16H20BrNO/c17-14-6-4-13(5-7-14)16(19)2-1-9-18-11-12-3-8-15(18)10-12/h4-7,12,15H,1-3,8-11H2. The lowest BCUT2D eigenvalue weighted by molar-refractivity contribution is 0.0971. The van der Waals surface area contributed by atoms with Crippen molar-refractivity contribution in [1.29, 1.82) is 0 Å². The van der Waals surface area contributed by atoms with Crippen molar-refractivity contribution in [2.24, 2.45) is 5.92 Å². The molecule has 0 N–H and O–H groups in total. The Kier molecular flexibility index (Phi) is 4.04. The minimum Gasteiger partial charge on any atom is -0.300 e. The van der Waals surface area contributed by atoms with Crippen LogP contribution in [0.25, 0.3) is 0 Å². The van der Waals surface area contributed by atoms with Crippen LogP contribution in [0.1, 0.15) is 42.5 Å². The van der Waals surface area contributed by atoms with E-state index >= 15 is 0 Å². The van der Waals surface area contributed by atoms with Gasteiger partial charge in [0.1, 0.15) is 0 Å². The molecule has 2 aliphatic rings. The first-order valence-electron chi connectivity index (χ1n) is 7.25. The molecule has 0 spiro atoms. The first kappa shape index (κ1) is 13.3. The maximum atomic E-state index is 12.1. The fourth-order valence-electron chi connectivity index (χ4n) is 3.52. The summed E-state index contributed by atoms with van der Waals surface area (Å²) >= 11 is 3.39. The van der Waals surface area contributed by atoms with Gasteiger partial charge in [-0.05, 0) is 50.3 Å². The number of halogens is 1. The lowest BCUT2D eigenvalue weighted by Crippen LogP contribution is -2.33. The van der Waals surface area contributed by atoms with Gasteiger partial charge >= 0.3 is 0 Å². The van der Waals surface area contributed by atoms with Crippen LogP contribution >= 0.6 is 15.9 Å². The summed E-state index contributed by atoms with van der Waals surface area (Å²) in [5.41, 5.74) is 0.839. The summed E-state index contributed by atoms with van der Waals surface area (Å²) in [7, 11) is 0. The second-order valence-electron chi connectivity index (χ2n) is 5.86. The molecule has 2 unspecified atom stereocenters. The highest BCUT2D eigenvalue weighted by Crippen LogP contribution is 2.37. The molecule has 2 nitrogen and oxygen atoms in total. The van der Waals surface area contributed by atoms with E-state index in [9.17, 15) is 4.79 Å². The number of Topliss-reactive ketones (excluding diaryl/α,β-unsaturated/α-hetero) is 1. The largest absolute Gasteiger partial charge is 0.300 e. The van der Waals surface area contributed by atoms with Crippen molar-refractivity contribution in [3.63, 3.8) is 0 Å². The van der Waals surface area contributed by atoms with E-state index < -0.39 is 0 Å². The van der Waals surface area contributed by atoms with Gasteiger partial charge in [-0.25, -0.2) is 0 Å². The molecule has 1 aliphatic heterocycles. The van der Waals surface area contributed by atoms with Gasteiger partial charge in [0.15, 0.2) is 5.78 Å². The third-order valence-corrected chi connectivity index (χ3v) is 5.07. The molecular weight excluding hydrogens is 302 g/mol. The molecule has 3 heteroatoms. The van der Waals surface area contributed by atoms with Crippen LogP contribution in [0.4, 0.5) is 0 Å². The van der Waals surface area contributed by atoms with Crippen molar-refractivity contribution >= 4 is 21.7 Å². The number of fused-ring (bicyclic) bond motifs is 2. The van der Waals surface area contributed by atoms with Gasteiger partial charge in [-0.1, -0.05) is 28.1 Å². The molecule has 2 bridgehead atoms. The monoisotopic (exact) mass is 321 g/mol. The van der Waals surface area contributed by atoms with Gasteiger partial charge in [0.25, 0.3) is 0 Å². The van der Waals surface area contributed by atoms with Crippen molar-refractivity contribution in [2.75, 3.05) is 13.1 Å². The van der Waals surface area contributed by atoms with Crippen LogP contribution in [0.2, 0.25) is 0 Å². The van der Waals surface area contributed by atoms with Gasteiger partial charge in [-0.15, -0.1) is 0 Å². The Morgan fingerprint density at radius 2 is 2.05 bits per heavy atom. The topological polar surface area (TPSA) is 20.3 Å². The summed E-state index contributed by atoms with van der Waals surface area (Å²) in [5.74, 6) is 1.23. The van der Waals surface area contributed by atoms with Crippen molar-refractivity contribution < 1.29 is 4.79 Å². The van der Waals surface area contributed by atoms with Crippen LogP contribution in [-0.2, 0) is 0 Å². The Morgan fingerprint density at radius 1 is 1.26 bits per heavy atom. The van der Waals surface area contributed by atoms with Crippen LogP contribution in [0, 0.1) is 5.92 Å². The van der Waals surface area contributed by atoms with Crippen LogP contribution in [0.5, 0.6) is 0 Å². The molecule has 3 rings (SSSR count). The van der Waals surface area contributed by atoms with E-state index in [4.69, 9.17) is 0 Å². The minimum absolute atomic E-state index is 0.275. The molecule has 1 aromatic rings. The molecule has 1 aromatic carbocycles. The summed E-state index contributed by atoms with van der Waals surface area (Å²) in [6.07, 6.45) is 5.89. The minimum atomic E-state index is 0.275. The summed E-state index contributed by atoms with van der Waals surface area (Å²) in [5, 5.41) is 0. The van der Waals surface area contributed by atoms with Gasteiger partial charge in [0.2, 0.25) is 0 Å². The number of ketones is 1. The van der Waals surface area contributed by atoms with E-state index in [1.807, 2.05) is 24.3 Å². The van der Waals surface area contributed by atoms with Gasteiger partial charge in [0, 0.05) is 29.0 Å². The Morgan fingerprint density at radius 3 is 2.68 bits per heavy atom. The lowest BCUT2D eigenvalue weighted by atomic mass is 10.1. The zero-order valence-corrected chi connectivity index (χ0v) is 12.7. The number of piperidine rings is 1. The molecule has 0 aromatic heterocycles. The smallest absolute Gasteiger partial charge is 0.162 e. The van der Waals surface area contributed by atoms with E-state index in [0.29, 0.717) is 6.42 Å². The number of carbonyl (C=O) groups excluding carboxylic acids is 1. The molecular formula is C16H20BrNO. The first-order valence-corrected chi connectivity index (χ1v) is 8.04. The Hall–Kier alpha value is -0.670. The highest BCUT2D eigenvalue weighted by Gasteiger charge is 2.36. The number of benzene rings is 1. The summed E-state index contributed by atoms with van der Waals surface area (Å²) in [6, 6.07) is 8.51. The van der Waals surface area contributed by atoms with E-state index in [1.165, 1.54) is 25.8 Å². The average molecular weight is 322 g/mol. The molecule has 102 valence electrons. The fraction of sp³-hybridized carbons (Fsp3) is 0.562. The van der Waals surface area contributed by atoms with E-state index in [-0.39, 0.29) is 5.78 Å². The van der Waals surface area contributed by atoms with Gasteiger partial charge < -0.3 is 4.90 Å². The Balaban J connectivity index is 1.45. The zero-order valence-electron chi connectivity index (χ0n) is 11.1. The number of rotatable bonds is 5. The summed E-state index contributed by atoms with van der Waals surface area (Å²) in [6.45, 7) is 2.38. The van der Waals surface area contributed by atoms with Crippen LogP contribution in [0.3, 0.4) is 0 Å². The molecule has 0 amide bonds. The molecule has 0 radical (unpaired) electrons. The quantitative estimate of drug-likeness (QED) is 0.767. The van der Waals surface area contributed by atoms with Crippen molar-refractivity contribution in [3.8, 4) is 0 Å². The zero-order chi connectivity index (χ0) is 13.2. The predicted octanol–water partition coefficient (Wildman–Crippen LogP) is 3.90. The van der Waals surface area contributed by atoms with E-state index in [0.717, 1.165) is 35.0 Å². The molecule has 1 aliphatic carbocycles. The molecule has 2 fully saturated rings. The van der Waals surface area contributed by atoms with Crippen molar-refractivity contribution in [3.05, 3.63) is 34.3 Å². The van der Waals surface area contributed by atoms with Gasteiger partial charge in [-0.2, -0.15) is 0 Å². The molecule has 1 saturated carbocycles. The SMILES string of the molecule is O=C(CCCN1CC2CCC1C2)c1ccc(Br)cc1. The number of nitrogens with zero attached hydrogens (tertiary/aromatic N) is 1. The molecule has 1 saturated heterocycles. The second kappa shape index (κ2) is 5.76. The highest BCUT2D eigenvalue weighted by molar-refractivity contribution is 9.10. The number of hydrogen-bond donors (Lipinski definition) is 0. The normalized spacial score (nSPS) is 25.9. The predicted molar refractivity (Wildman–Crippen MR) is 80.4 cm³/mol. The fourth-order valence-corrected chi connectivity index (χ4v) is 3.79. The van der Waals surface area contributed by atoms with Gasteiger partial charge in [-0.3, -0.25) is 4.79 Å². The Bertz CT molecular complexity index is 456. The van der Waals surface area contributed by atoms with E-state index in [1.54, 1.807) is 0 Å². The molecule has 1 heterocycles. The third kappa shape index (κ3) is 3.09. The lowest BCUT2D eigenvalue weighted by Gasteiger charge is -2.26. The van der Waals surface area contributed by atoms with Gasteiger partial charge in [0.05, 0.1) is 0 Å². The van der Waals surface area contributed by atoms with Crippen molar-refractivity contribution in [1.82, 2.24) is 4.90 Å². The summed E-state index contributed by atoms with van der Waals surface area (Å²) in [4.78, 5) is 14.7. The number of carbonyl (C=O) groups is 1. The molecule has 19 heavy (non-hydrogen) atoms. The van der Waals surface area contributed by atoms with Crippen LogP contribution in [0.15, 0.2) is 28.7 Å². The number of likely N-dealkylation sites (tertiary alicyclic amines) is 1. The van der Waals surface area contributed by atoms with Crippen LogP contribution < -0.4 is 0 Å². The van der Waals surface area contributed by atoms with Crippen LogP contribution in [-0.4, -0.2) is 29.8 Å². The first-order chi connectivity index (χ1) is 9.22. The number of hydrogen-bond acceptors (Lipinski definition) is 2.